The van der Waals surface area contributed by atoms with Crippen LogP contribution in [0.5, 0.6) is 5.75 Å². The zero-order valence-corrected chi connectivity index (χ0v) is 11.1. The van der Waals surface area contributed by atoms with Crippen molar-refractivity contribution in [3.63, 3.8) is 0 Å². The Hall–Kier alpha value is -1.76. The average Bonchev–Trinajstić information content (AvgIpc) is 2.36. The van der Waals surface area contributed by atoms with Gasteiger partial charge in [0.15, 0.2) is 5.92 Å². The number of carboxylic acids is 1. The molecular formula is C13H16F3NO3. The van der Waals surface area contributed by atoms with Crippen LogP contribution in [0.4, 0.5) is 13.2 Å². The molecule has 112 valence electrons. The van der Waals surface area contributed by atoms with E-state index in [1.54, 1.807) is 31.2 Å². The average molecular weight is 291 g/mol. The topological polar surface area (TPSA) is 58.6 Å². The van der Waals surface area contributed by atoms with Crippen molar-refractivity contribution in [1.29, 1.82) is 0 Å². The van der Waals surface area contributed by atoms with E-state index in [0.717, 1.165) is 5.56 Å². The van der Waals surface area contributed by atoms with Crippen molar-refractivity contribution in [1.82, 2.24) is 5.32 Å². The summed E-state index contributed by atoms with van der Waals surface area (Å²) in [5.74, 6) is -3.72. The summed E-state index contributed by atoms with van der Waals surface area (Å²) in [7, 11) is 1.49. The van der Waals surface area contributed by atoms with E-state index in [-0.39, 0.29) is 0 Å². The molecule has 0 aliphatic carbocycles. The minimum Gasteiger partial charge on any atom is -0.497 e. The highest BCUT2D eigenvalue weighted by molar-refractivity contribution is 5.71. The normalized spacial score (nSPS) is 14.7. The van der Waals surface area contributed by atoms with Crippen molar-refractivity contribution in [3.8, 4) is 5.75 Å². The number of rotatable bonds is 6. The second-order valence-corrected chi connectivity index (χ2v) is 4.34. The number of nitrogens with one attached hydrogen (secondary N) is 1. The molecule has 0 heterocycles. The maximum Gasteiger partial charge on any atom is 0.403 e. The second-order valence-electron chi connectivity index (χ2n) is 4.34. The van der Waals surface area contributed by atoms with Gasteiger partial charge in [0.05, 0.1) is 7.11 Å². The van der Waals surface area contributed by atoms with E-state index in [2.05, 4.69) is 5.32 Å². The number of hydrogen-bond donors (Lipinski definition) is 2. The summed E-state index contributed by atoms with van der Waals surface area (Å²) in [4.78, 5) is 10.6. The van der Waals surface area contributed by atoms with E-state index >= 15 is 0 Å². The van der Waals surface area contributed by atoms with Crippen molar-refractivity contribution in [2.45, 2.75) is 19.1 Å². The number of carbonyl (C=O) groups is 1. The minimum atomic E-state index is -4.77. The quantitative estimate of drug-likeness (QED) is 0.846. The molecule has 1 aromatic rings. The molecule has 0 fully saturated rings. The van der Waals surface area contributed by atoms with E-state index in [4.69, 9.17) is 9.84 Å². The highest BCUT2D eigenvalue weighted by atomic mass is 19.4. The highest BCUT2D eigenvalue weighted by Crippen LogP contribution is 2.27. The fourth-order valence-electron chi connectivity index (χ4n) is 1.67. The van der Waals surface area contributed by atoms with E-state index in [1.165, 1.54) is 7.11 Å². The third-order valence-electron chi connectivity index (χ3n) is 2.92. The third kappa shape index (κ3) is 4.41. The molecule has 0 spiro atoms. The van der Waals surface area contributed by atoms with Gasteiger partial charge in [-0.05, 0) is 24.6 Å². The van der Waals surface area contributed by atoms with Gasteiger partial charge < -0.3 is 15.2 Å². The first-order valence-corrected chi connectivity index (χ1v) is 5.92. The summed E-state index contributed by atoms with van der Waals surface area (Å²) >= 11 is 0. The minimum absolute atomic E-state index is 0.422. The molecule has 0 saturated carbocycles. The number of aliphatic carboxylic acids is 1. The Bertz CT molecular complexity index is 462. The number of benzene rings is 1. The lowest BCUT2D eigenvalue weighted by Crippen LogP contribution is -2.39. The van der Waals surface area contributed by atoms with E-state index in [9.17, 15) is 18.0 Å². The monoisotopic (exact) mass is 291 g/mol. The maximum atomic E-state index is 12.5. The van der Waals surface area contributed by atoms with Gasteiger partial charge in [0, 0.05) is 12.6 Å². The molecule has 1 rings (SSSR count). The van der Waals surface area contributed by atoms with Gasteiger partial charge >= 0.3 is 12.1 Å². The van der Waals surface area contributed by atoms with Gasteiger partial charge in [-0.1, -0.05) is 12.1 Å². The molecule has 1 aromatic carbocycles. The largest absolute Gasteiger partial charge is 0.497 e. The summed E-state index contributed by atoms with van der Waals surface area (Å²) in [6, 6.07) is 6.41. The zero-order chi connectivity index (χ0) is 15.3. The molecule has 0 amide bonds. The van der Waals surface area contributed by atoms with E-state index < -0.39 is 30.7 Å². The number of methoxy groups -OCH3 is 1. The smallest absolute Gasteiger partial charge is 0.403 e. The van der Waals surface area contributed by atoms with Crippen LogP contribution in [0.1, 0.15) is 18.5 Å². The predicted octanol–water partition coefficient (Wildman–Crippen LogP) is 2.61. The summed E-state index contributed by atoms with van der Waals surface area (Å²) in [6.07, 6.45) is -4.77. The Morgan fingerprint density at radius 1 is 1.45 bits per heavy atom. The van der Waals surface area contributed by atoms with Crippen molar-refractivity contribution in [2.24, 2.45) is 5.92 Å². The van der Waals surface area contributed by atoms with Crippen LogP contribution in [0.2, 0.25) is 0 Å². The molecule has 2 N–H and O–H groups in total. The fourth-order valence-corrected chi connectivity index (χ4v) is 1.67. The Morgan fingerprint density at radius 3 is 2.60 bits per heavy atom. The Morgan fingerprint density at radius 2 is 2.10 bits per heavy atom. The number of alkyl halides is 3. The number of ether oxygens (including phenoxy) is 1. The standard InChI is InChI=1S/C13H16F3NO3/c1-8(9-4-3-5-10(6-9)20-2)17-7-11(12(18)19)13(14,15)16/h3-6,8,11,17H,7H2,1-2H3,(H,18,19)/t8-,11?/m0/s1. The lowest BCUT2D eigenvalue weighted by molar-refractivity contribution is -0.192. The first-order valence-electron chi connectivity index (χ1n) is 5.92. The summed E-state index contributed by atoms with van der Waals surface area (Å²) < 4.78 is 42.5. The van der Waals surface area contributed by atoms with Crippen molar-refractivity contribution < 1.29 is 27.8 Å². The van der Waals surface area contributed by atoms with Gasteiger partial charge in [0.25, 0.3) is 0 Å². The van der Waals surface area contributed by atoms with Gasteiger partial charge in [-0.15, -0.1) is 0 Å². The predicted molar refractivity (Wildman–Crippen MR) is 66.6 cm³/mol. The molecule has 7 heteroatoms. The molecule has 1 unspecified atom stereocenters. The summed E-state index contributed by atoms with van der Waals surface area (Å²) in [5.41, 5.74) is 0.718. The number of carboxylic acid groups (broad SMARTS) is 1. The van der Waals surface area contributed by atoms with Crippen molar-refractivity contribution in [2.75, 3.05) is 13.7 Å². The Kier molecular flexibility index (Phi) is 5.38. The van der Waals surface area contributed by atoms with Crippen LogP contribution in [0.15, 0.2) is 24.3 Å². The number of halogens is 3. The van der Waals surface area contributed by atoms with Crippen LogP contribution in [-0.4, -0.2) is 30.9 Å². The van der Waals surface area contributed by atoms with Crippen LogP contribution in [-0.2, 0) is 4.79 Å². The summed E-state index contributed by atoms with van der Waals surface area (Å²) in [5, 5.41) is 11.2. The van der Waals surface area contributed by atoms with Gasteiger partial charge in [0.2, 0.25) is 0 Å². The van der Waals surface area contributed by atoms with Crippen LogP contribution in [0.3, 0.4) is 0 Å². The molecule has 0 aromatic heterocycles. The van der Waals surface area contributed by atoms with Gasteiger partial charge in [0.1, 0.15) is 5.75 Å². The molecule has 0 radical (unpaired) electrons. The SMILES string of the molecule is COc1cccc([C@H](C)NCC(C(=O)O)C(F)(F)F)c1. The zero-order valence-electron chi connectivity index (χ0n) is 11.1. The first kappa shape index (κ1) is 16.3. The van der Waals surface area contributed by atoms with Crippen LogP contribution >= 0.6 is 0 Å². The van der Waals surface area contributed by atoms with Crippen LogP contribution < -0.4 is 10.1 Å². The molecule has 0 bridgehead atoms. The third-order valence-corrected chi connectivity index (χ3v) is 2.92. The van der Waals surface area contributed by atoms with Crippen molar-refractivity contribution >= 4 is 5.97 Å². The fraction of sp³-hybridized carbons (Fsp3) is 0.462. The molecule has 0 saturated heterocycles. The Balaban J connectivity index is 2.70. The van der Waals surface area contributed by atoms with Gasteiger partial charge in [-0.2, -0.15) is 13.2 Å². The Labute approximate surface area is 114 Å². The van der Waals surface area contributed by atoms with E-state index in [0.29, 0.717) is 5.75 Å². The lowest BCUT2D eigenvalue weighted by Gasteiger charge is -2.20. The van der Waals surface area contributed by atoms with Gasteiger partial charge in [-0.3, -0.25) is 4.79 Å². The molecule has 2 atom stereocenters. The lowest BCUT2D eigenvalue weighted by atomic mass is 10.1. The molecule has 0 aliphatic rings. The molecule has 20 heavy (non-hydrogen) atoms. The second kappa shape index (κ2) is 6.60. The van der Waals surface area contributed by atoms with E-state index in [1.807, 2.05) is 0 Å². The highest BCUT2D eigenvalue weighted by Gasteiger charge is 2.44. The molecule has 0 aliphatic heterocycles. The van der Waals surface area contributed by atoms with Gasteiger partial charge in [-0.25, -0.2) is 0 Å². The molecular weight excluding hydrogens is 275 g/mol. The van der Waals surface area contributed by atoms with Crippen molar-refractivity contribution in [3.05, 3.63) is 29.8 Å². The first-order chi connectivity index (χ1) is 9.25. The maximum absolute atomic E-state index is 12.5. The summed E-state index contributed by atoms with van der Waals surface area (Å²) in [6.45, 7) is 0.973. The molecule has 4 nitrogen and oxygen atoms in total. The van der Waals surface area contributed by atoms with Crippen LogP contribution in [0.25, 0.3) is 0 Å². The van der Waals surface area contributed by atoms with Crippen LogP contribution in [0, 0.1) is 5.92 Å². The number of hydrogen-bond acceptors (Lipinski definition) is 3.